The Morgan fingerprint density at radius 2 is 1.70 bits per heavy atom. The van der Waals surface area contributed by atoms with E-state index in [4.69, 9.17) is 4.52 Å². The van der Waals surface area contributed by atoms with Gasteiger partial charge in [0.15, 0.2) is 5.82 Å². The smallest absolute Gasteiger partial charge is 0.227 e. The maximum Gasteiger partial charge on any atom is 0.227 e. The predicted molar refractivity (Wildman–Crippen MR) is 112 cm³/mol. The maximum atomic E-state index is 12.7. The van der Waals surface area contributed by atoms with Crippen molar-refractivity contribution in [2.45, 2.75) is 41.0 Å². The van der Waals surface area contributed by atoms with Crippen LogP contribution in [0.15, 0.2) is 16.7 Å². The minimum absolute atomic E-state index is 0.103. The molecule has 1 aliphatic rings. The summed E-state index contributed by atoms with van der Waals surface area (Å²) in [7, 11) is 0. The highest BCUT2D eigenvalue weighted by atomic mass is 16.5. The lowest BCUT2D eigenvalue weighted by Crippen LogP contribution is -2.49. The molecule has 1 fully saturated rings. The van der Waals surface area contributed by atoms with E-state index in [1.165, 1.54) is 0 Å². The van der Waals surface area contributed by atoms with Crippen molar-refractivity contribution in [3.05, 3.63) is 46.4 Å². The summed E-state index contributed by atoms with van der Waals surface area (Å²) >= 11 is 0. The highest BCUT2D eigenvalue weighted by Crippen LogP contribution is 2.20. The standard InChI is InChI=1S/C21H27N7O2/c1-13-10-14(2)28(24-13)20-12-19(22-17(5)23-20)26-6-8-27(9-7-26)21(29)11-18-15(3)25-30-16(18)4/h10,12H,6-9,11H2,1-5H3. The van der Waals surface area contributed by atoms with Crippen LogP contribution in [0.5, 0.6) is 0 Å². The van der Waals surface area contributed by atoms with Gasteiger partial charge in [-0.3, -0.25) is 4.79 Å². The summed E-state index contributed by atoms with van der Waals surface area (Å²) in [6, 6.07) is 3.99. The average molecular weight is 409 g/mol. The second-order valence-corrected chi connectivity index (χ2v) is 7.82. The van der Waals surface area contributed by atoms with Gasteiger partial charge < -0.3 is 14.3 Å². The van der Waals surface area contributed by atoms with Gasteiger partial charge in [0.1, 0.15) is 17.4 Å². The summed E-state index contributed by atoms with van der Waals surface area (Å²) in [5.41, 5.74) is 3.66. The number of hydrogen-bond donors (Lipinski definition) is 0. The number of rotatable bonds is 4. The lowest BCUT2D eigenvalue weighted by Gasteiger charge is -2.35. The van der Waals surface area contributed by atoms with E-state index in [0.717, 1.165) is 47.4 Å². The lowest BCUT2D eigenvalue weighted by molar-refractivity contribution is -0.130. The van der Waals surface area contributed by atoms with Crippen molar-refractivity contribution in [3.8, 4) is 5.82 Å². The van der Waals surface area contributed by atoms with Gasteiger partial charge in [-0.05, 0) is 40.7 Å². The normalized spacial score (nSPS) is 14.4. The topological polar surface area (TPSA) is 93.2 Å². The minimum Gasteiger partial charge on any atom is -0.361 e. The van der Waals surface area contributed by atoms with Gasteiger partial charge in [0.2, 0.25) is 5.91 Å². The number of aryl methyl sites for hydroxylation is 5. The molecule has 0 aliphatic carbocycles. The third-order valence-electron chi connectivity index (χ3n) is 5.50. The molecule has 3 aromatic rings. The van der Waals surface area contributed by atoms with Crippen LogP contribution in [0, 0.1) is 34.6 Å². The highest BCUT2D eigenvalue weighted by molar-refractivity contribution is 5.79. The molecular formula is C21H27N7O2. The highest BCUT2D eigenvalue weighted by Gasteiger charge is 2.24. The van der Waals surface area contributed by atoms with E-state index in [2.05, 4.69) is 25.1 Å². The Labute approximate surface area is 175 Å². The van der Waals surface area contributed by atoms with Crippen molar-refractivity contribution in [2.24, 2.45) is 0 Å². The van der Waals surface area contributed by atoms with Crippen LogP contribution >= 0.6 is 0 Å². The van der Waals surface area contributed by atoms with Crippen LogP contribution in [0.2, 0.25) is 0 Å². The second kappa shape index (κ2) is 7.89. The van der Waals surface area contributed by atoms with E-state index in [-0.39, 0.29) is 5.91 Å². The first-order valence-electron chi connectivity index (χ1n) is 10.2. The maximum absolute atomic E-state index is 12.7. The van der Waals surface area contributed by atoms with Crippen LogP contribution in [-0.4, -0.2) is 61.9 Å². The number of anilines is 1. The van der Waals surface area contributed by atoms with Gasteiger partial charge >= 0.3 is 0 Å². The van der Waals surface area contributed by atoms with Gasteiger partial charge in [0.05, 0.1) is 17.8 Å². The van der Waals surface area contributed by atoms with Gasteiger partial charge in [-0.1, -0.05) is 5.16 Å². The molecule has 0 unspecified atom stereocenters. The Morgan fingerprint density at radius 1 is 1.00 bits per heavy atom. The third kappa shape index (κ3) is 3.92. The van der Waals surface area contributed by atoms with E-state index in [9.17, 15) is 4.79 Å². The fourth-order valence-corrected chi connectivity index (χ4v) is 3.87. The Kier molecular flexibility index (Phi) is 5.27. The van der Waals surface area contributed by atoms with E-state index in [1.54, 1.807) is 0 Å². The molecule has 0 spiro atoms. The Balaban J connectivity index is 1.45. The lowest BCUT2D eigenvalue weighted by atomic mass is 10.1. The second-order valence-electron chi connectivity index (χ2n) is 7.82. The Hall–Kier alpha value is -3.23. The number of piperazine rings is 1. The Bertz CT molecular complexity index is 1060. The van der Waals surface area contributed by atoms with Gasteiger partial charge in [-0.2, -0.15) is 5.10 Å². The van der Waals surface area contributed by atoms with Gasteiger partial charge in [0, 0.05) is 43.5 Å². The van der Waals surface area contributed by atoms with Crippen LogP contribution < -0.4 is 4.90 Å². The molecule has 4 rings (SSSR count). The van der Waals surface area contributed by atoms with Crippen LogP contribution in [0.1, 0.15) is 34.2 Å². The van der Waals surface area contributed by atoms with Gasteiger partial charge in [-0.25, -0.2) is 14.6 Å². The van der Waals surface area contributed by atoms with E-state index < -0.39 is 0 Å². The zero-order valence-corrected chi connectivity index (χ0v) is 18.1. The molecule has 9 nitrogen and oxygen atoms in total. The van der Waals surface area contributed by atoms with E-state index >= 15 is 0 Å². The monoisotopic (exact) mass is 409 g/mol. The molecule has 1 aliphatic heterocycles. The van der Waals surface area contributed by atoms with Crippen LogP contribution in [0.3, 0.4) is 0 Å². The van der Waals surface area contributed by atoms with Crippen molar-refractivity contribution in [1.29, 1.82) is 0 Å². The molecule has 0 atom stereocenters. The minimum atomic E-state index is 0.103. The summed E-state index contributed by atoms with van der Waals surface area (Å²) in [5.74, 6) is 3.15. The molecule has 4 heterocycles. The molecule has 3 aromatic heterocycles. The van der Waals surface area contributed by atoms with Crippen LogP contribution in [0.25, 0.3) is 5.82 Å². The molecule has 0 bridgehead atoms. The first-order valence-corrected chi connectivity index (χ1v) is 10.2. The molecule has 0 aromatic carbocycles. The summed E-state index contributed by atoms with van der Waals surface area (Å²) in [5, 5.41) is 8.47. The summed E-state index contributed by atoms with van der Waals surface area (Å²) in [4.78, 5) is 26.0. The van der Waals surface area contributed by atoms with Crippen molar-refractivity contribution >= 4 is 11.7 Å². The van der Waals surface area contributed by atoms with E-state index in [0.29, 0.717) is 31.1 Å². The number of hydrogen-bond acceptors (Lipinski definition) is 7. The van der Waals surface area contributed by atoms with Crippen molar-refractivity contribution in [1.82, 2.24) is 29.8 Å². The molecular weight excluding hydrogens is 382 g/mol. The average Bonchev–Trinajstić information content (AvgIpc) is 3.22. The SMILES string of the molecule is Cc1cc(C)n(-c2cc(N3CCN(C(=O)Cc4c(C)noc4C)CC3)nc(C)n2)n1. The van der Waals surface area contributed by atoms with Crippen LogP contribution in [-0.2, 0) is 11.2 Å². The fraction of sp³-hybridized carbons (Fsp3) is 0.476. The van der Waals surface area contributed by atoms with E-state index in [1.807, 2.05) is 56.3 Å². The van der Waals surface area contributed by atoms with Crippen molar-refractivity contribution in [3.63, 3.8) is 0 Å². The number of aromatic nitrogens is 5. The first kappa shape index (κ1) is 20.1. The number of nitrogens with zero attached hydrogens (tertiary/aromatic N) is 7. The molecule has 30 heavy (non-hydrogen) atoms. The quantitative estimate of drug-likeness (QED) is 0.651. The van der Waals surface area contributed by atoms with Crippen molar-refractivity contribution in [2.75, 3.05) is 31.1 Å². The predicted octanol–water partition coefficient (Wildman–Crippen LogP) is 2.08. The summed E-state index contributed by atoms with van der Waals surface area (Å²) in [6.07, 6.45) is 0.329. The zero-order chi connectivity index (χ0) is 21.4. The summed E-state index contributed by atoms with van der Waals surface area (Å²) < 4.78 is 7.02. The molecule has 0 N–H and O–H groups in total. The first-order chi connectivity index (χ1) is 14.3. The molecule has 1 amide bonds. The number of carbonyl (C=O) groups excluding carboxylic acids is 1. The molecule has 158 valence electrons. The molecule has 1 saturated heterocycles. The van der Waals surface area contributed by atoms with Crippen molar-refractivity contribution < 1.29 is 9.32 Å². The molecule has 9 heteroatoms. The summed E-state index contributed by atoms with van der Waals surface area (Å²) in [6.45, 7) is 12.3. The third-order valence-corrected chi connectivity index (χ3v) is 5.50. The molecule has 0 saturated carbocycles. The molecule has 0 radical (unpaired) electrons. The van der Waals surface area contributed by atoms with Crippen LogP contribution in [0.4, 0.5) is 5.82 Å². The van der Waals surface area contributed by atoms with Gasteiger partial charge in [-0.15, -0.1) is 0 Å². The number of amides is 1. The number of carbonyl (C=O) groups is 1. The fourth-order valence-electron chi connectivity index (χ4n) is 3.87. The Morgan fingerprint density at radius 3 is 2.30 bits per heavy atom. The zero-order valence-electron chi connectivity index (χ0n) is 18.1. The van der Waals surface area contributed by atoms with Gasteiger partial charge in [0.25, 0.3) is 0 Å². The largest absolute Gasteiger partial charge is 0.361 e.